The molecule has 1 N–H and O–H groups in total. The fourth-order valence-corrected chi connectivity index (χ4v) is 4.55. The number of carbonyl (C=O) groups excluding carboxylic acids is 3. The van der Waals surface area contributed by atoms with Gasteiger partial charge in [0.25, 0.3) is 11.8 Å². The fourth-order valence-electron chi connectivity index (χ4n) is 3.41. The zero-order valence-electron chi connectivity index (χ0n) is 15.8. The Bertz CT molecular complexity index is 1110. The zero-order valence-corrected chi connectivity index (χ0v) is 17.4. The summed E-state index contributed by atoms with van der Waals surface area (Å²) in [5.74, 6) is -1.22. The number of nitrogens with zero attached hydrogens (tertiary/aromatic N) is 2. The molecule has 1 aliphatic rings. The first-order chi connectivity index (χ1) is 13.8. The van der Waals surface area contributed by atoms with Gasteiger partial charge in [0.1, 0.15) is 6.04 Å². The van der Waals surface area contributed by atoms with Crippen molar-refractivity contribution < 1.29 is 14.4 Å². The molecular weight excluding hydrogens is 410 g/mol. The van der Waals surface area contributed by atoms with Crippen LogP contribution < -0.4 is 5.32 Å². The van der Waals surface area contributed by atoms with Crippen LogP contribution in [-0.2, 0) is 4.79 Å². The number of amides is 3. The molecule has 29 heavy (non-hydrogen) atoms. The summed E-state index contributed by atoms with van der Waals surface area (Å²) in [6.07, 6.45) is 0.355. The monoisotopic (exact) mass is 427 g/mol. The van der Waals surface area contributed by atoms with E-state index in [4.69, 9.17) is 11.6 Å². The molecule has 2 aromatic carbocycles. The highest BCUT2D eigenvalue weighted by atomic mass is 35.5. The van der Waals surface area contributed by atoms with Gasteiger partial charge in [-0.15, -0.1) is 0 Å². The molecule has 8 heteroatoms. The Balaban J connectivity index is 1.63. The number of benzene rings is 2. The molecule has 3 amide bonds. The maximum Gasteiger partial charge on any atom is 0.262 e. The minimum absolute atomic E-state index is 0.101. The molecule has 1 unspecified atom stereocenters. The number of anilines is 1. The summed E-state index contributed by atoms with van der Waals surface area (Å²) in [4.78, 5) is 44.3. The van der Waals surface area contributed by atoms with Gasteiger partial charge in [-0.25, -0.2) is 4.98 Å². The predicted molar refractivity (Wildman–Crippen MR) is 113 cm³/mol. The van der Waals surface area contributed by atoms with Gasteiger partial charge >= 0.3 is 0 Å². The molecule has 1 aliphatic heterocycles. The average molecular weight is 428 g/mol. The first kappa shape index (κ1) is 19.5. The van der Waals surface area contributed by atoms with Crippen molar-refractivity contribution in [2.45, 2.75) is 26.3 Å². The quantitative estimate of drug-likeness (QED) is 0.603. The first-order valence-corrected chi connectivity index (χ1v) is 10.4. The molecule has 0 fully saturated rings. The summed E-state index contributed by atoms with van der Waals surface area (Å²) in [5.41, 5.74) is 1.37. The van der Waals surface area contributed by atoms with Crippen molar-refractivity contribution in [2.75, 3.05) is 5.32 Å². The van der Waals surface area contributed by atoms with Gasteiger partial charge in [-0.05, 0) is 42.7 Å². The van der Waals surface area contributed by atoms with E-state index >= 15 is 0 Å². The van der Waals surface area contributed by atoms with E-state index in [0.717, 1.165) is 15.1 Å². The topological polar surface area (TPSA) is 79.4 Å². The van der Waals surface area contributed by atoms with Crippen LogP contribution in [0.1, 0.15) is 41.0 Å². The Morgan fingerprint density at radius 2 is 1.79 bits per heavy atom. The number of hydrogen-bond acceptors (Lipinski definition) is 5. The van der Waals surface area contributed by atoms with E-state index in [2.05, 4.69) is 10.3 Å². The summed E-state index contributed by atoms with van der Waals surface area (Å²) >= 11 is 7.31. The number of rotatable bonds is 5. The molecule has 2 heterocycles. The van der Waals surface area contributed by atoms with Crippen molar-refractivity contribution in [2.24, 2.45) is 5.92 Å². The molecule has 0 saturated carbocycles. The van der Waals surface area contributed by atoms with E-state index < -0.39 is 23.8 Å². The standard InChI is InChI=1S/C21H18ClN3O3S/c1-11(2)9-16(25-19(27)13-5-3-4-6-14(13)20(25)28)18(26)24-21-23-15-8-7-12(22)10-17(15)29-21/h3-8,10-11,16H,9H2,1-2H3,(H,23,24,26). The van der Waals surface area contributed by atoms with Crippen molar-refractivity contribution in [3.05, 3.63) is 58.6 Å². The van der Waals surface area contributed by atoms with Gasteiger partial charge in [-0.2, -0.15) is 0 Å². The van der Waals surface area contributed by atoms with Gasteiger partial charge in [-0.1, -0.05) is 48.9 Å². The third-order valence-electron chi connectivity index (χ3n) is 4.72. The Morgan fingerprint density at radius 3 is 2.41 bits per heavy atom. The molecule has 3 aromatic rings. The summed E-state index contributed by atoms with van der Waals surface area (Å²) < 4.78 is 0.842. The lowest BCUT2D eigenvalue weighted by Crippen LogP contribution is -2.47. The second kappa shape index (κ2) is 7.57. The maximum absolute atomic E-state index is 13.1. The molecule has 0 spiro atoms. The van der Waals surface area contributed by atoms with Crippen LogP contribution in [0.15, 0.2) is 42.5 Å². The van der Waals surface area contributed by atoms with E-state index in [9.17, 15) is 14.4 Å². The smallest absolute Gasteiger partial charge is 0.262 e. The Kier molecular flexibility index (Phi) is 5.10. The Labute approximate surface area is 176 Å². The largest absolute Gasteiger partial charge is 0.300 e. The highest BCUT2D eigenvalue weighted by Gasteiger charge is 2.42. The van der Waals surface area contributed by atoms with Crippen LogP contribution in [0.2, 0.25) is 5.02 Å². The van der Waals surface area contributed by atoms with Gasteiger partial charge in [0.2, 0.25) is 5.91 Å². The van der Waals surface area contributed by atoms with Crippen LogP contribution in [0, 0.1) is 5.92 Å². The van der Waals surface area contributed by atoms with E-state index in [1.807, 2.05) is 13.8 Å². The van der Waals surface area contributed by atoms with Gasteiger partial charge < -0.3 is 5.32 Å². The summed E-state index contributed by atoms with van der Waals surface area (Å²) in [6, 6.07) is 11.0. The predicted octanol–water partition coefficient (Wildman–Crippen LogP) is 4.60. The van der Waals surface area contributed by atoms with Crippen molar-refractivity contribution in [1.29, 1.82) is 0 Å². The van der Waals surface area contributed by atoms with Crippen LogP contribution in [0.3, 0.4) is 0 Å². The van der Waals surface area contributed by atoms with E-state index in [0.29, 0.717) is 27.7 Å². The van der Waals surface area contributed by atoms with Gasteiger partial charge in [0, 0.05) is 5.02 Å². The first-order valence-electron chi connectivity index (χ1n) is 9.19. The minimum atomic E-state index is -0.919. The summed E-state index contributed by atoms with van der Waals surface area (Å²) in [5, 5.41) is 3.77. The van der Waals surface area contributed by atoms with E-state index in [1.54, 1.807) is 42.5 Å². The Morgan fingerprint density at radius 1 is 1.14 bits per heavy atom. The highest BCUT2D eigenvalue weighted by molar-refractivity contribution is 7.22. The third-order valence-corrected chi connectivity index (χ3v) is 5.88. The fraction of sp³-hybridized carbons (Fsp3) is 0.238. The number of thiazole rings is 1. The molecule has 148 valence electrons. The lowest BCUT2D eigenvalue weighted by Gasteiger charge is -2.26. The number of fused-ring (bicyclic) bond motifs is 2. The molecule has 6 nitrogen and oxygen atoms in total. The molecule has 0 radical (unpaired) electrons. The van der Waals surface area contributed by atoms with Crippen LogP contribution in [-0.4, -0.2) is 33.6 Å². The molecule has 1 aromatic heterocycles. The second-order valence-corrected chi connectivity index (χ2v) is 8.76. The number of halogens is 1. The number of aromatic nitrogens is 1. The molecule has 0 saturated heterocycles. The zero-order chi connectivity index (χ0) is 20.7. The molecule has 0 aliphatic carbocycles. The van der Waals surface area contributed by atoms with Crippen LogP contribution in [0.25, 0.3) is 10.2 Å². The van der Waals surface area contributed by atoms with Gasteiger partial charge in [0.05, 0.1) is 21.3 Å². The van der Waals surface area contributed by atoms with Crippen molar-refractivity contribution >= 4 is 56.0 Å². The SMILES string of the molecule is CC(C)CC(C(=O)Nc1nc2ccc(Cl)cc2s1)N1C(=O)c2ccccc2C1=O. The van der Waals surface area contributed by atoms with Crippen LogP contribution in [0.5, 0.6) is 0 Å². The third kappa shape index (κ3) is 3.63. The second-order valence-electron chi connectivity index (χ2n) is 7.29. The summed E-state index contributed by atoms with van der Waals surface area (Å²) in [7, 11) is 0. The summed E-state index contributed by atoms with van der Waals surface area (Å²) in [6.45, 7) is 3.89. The van der Waals surface area contributed by atoms with Crippen molar-refractivity contribution in [3.63, 3.8) is 0 Å². The van der Waals surface area contributed by atoms with Gasteiger partial charge in [-0.3, -0.25) is 19.3 Å². The number of nitrogens with one attached hydrogen (secondary N) is 1. The van der Waals surface area contributed by atoms with Crippen LogP contribution in [0.4, 0.5) is 5.13 Å². The maximum atomic E-state index is 13.1. The minimum Gasteiger partial charge on any atom is -0.300 e. The van der Waals surface area contributed by atoms with Crippen molar-refractivity contribution in [3.8, 4) is 0 Å². The lowest BCUT2D eigenvalue weighted by atomic mass is 10.0. The highest BCUT2D eigenvalue weighted by Crippen LogP contribution is 2.30. The number of imide groups is 1. The average Bonchev–Trinajstić information content (AvgIpc) is 3.18. The van der Waals surface area contributed by atoms with E-state index in [1.165, 1.54) is 11.3 Å². The normalized spacial score (nSPS) is 14.6. The number of carbonyl (C=O) groups is 3. The van der Waals surface area contributed by atoms with Crippen molar-refractivity contribution in [1.82, 2.24) is 9.88 Å². The Hall–Kier alpha value is -2.77. The molecular formula is C21H18ClN3O3S. The van der Waals surface area contributed by atoms with Crippen LogP contribution >= 0.6 is 22.9 Å². The molecule has 1 atom stereocenters. The molecule has 0 bridgehead atoms. The lowest BCUT2D eigenvalue weighted by molar-refractivity contribution is -0.120. The number of hydrogen-bond donors (Lipinski definition) is 1. The molecule has 4 rings (SSSR count). The van der Waals surface area contributed by atoms with Gasteiger partial charge in [0.15, 0.2) is 5.13 Å². The van der Waals surface area contributed by atoms with E-state index in [-0.39, 0.29) is 5.92 Å².